The average molecular weight is 494 g/mol. The number of hydrogen-bond donors (Lipinski definition) is 2. The summed E-state index contributed by atoms with van der Waals surface area (Å²) < 4.78 is 26.7. The van der Waals surface area contributed by atoms with Crippen molar-refractivity contribution in [2.75, 3.05) is 41.0 Å². The molecule has 1 atom stereocenters. The summed E-state index contributed by atoms with van der Waals surface area (Å²) >= 11 is 0. The number of ether oxygens (including phenoxy) is 5. The number of fused-ring (bicyclic) bond motifs is 3. The van der Waals surface area contributed by atoms with E-state index in [1.807, 2.05) is 24.3 Å². The van der Waals surface area contributed by atoms with Gasteiger partial charge in [-0.3, -0.25) is 0 Å². The van der Waals surface area contributed by atoms with E-state index in [1.54, 1.807) is 18.2 Å². The number of alkyl carbamates (subject to hydrolysis) is 1. The Balaban J connectivity index is 1.32. The second-order valence-electron chi connectivity index (χ2n) is 8.33. The highest BCUT2D eigenvalue weighted by Gasteiger charge is 2.29. The third-order valence-electron chi connectivity index (χ3n) is 6.05. The molecule has 0 bridgehead atoms. The Morgan fingerprint density at radius 1 is 0.889 bits per heavy atom. The van der Waals surface area contributed by atoms with Crippen LogP contribution in [0.2, 0.25) is 0 Å². The van der Waals surface area contributed by atoms with Crippen LogP contribution >= 0.6 is 0 Å². The Labute approximate surface area is 210 Å². The monoisotopic (exact) mass is 493 g/mol. The quantitative estimate of drug-likeness (QED) is 0.356. The van der Waals surface area contributed by atoms with Gasteiger partial charge in [0, 0.05) is 32.2 Å². The van der Waals surface area contributed by atoms with Crippen LogP contribution in [0.25, 0.3) is 11.1 Å². The lowest BCUT2D eigenvalue weighted by Crippen LogP contribution is -2.28. The highest BCUT2D eigenvalue weighted by molar-refractivity contribution is 5.79. The molecule has 2 N–H and O–H groups in total. The minimum absolute atomic E-state index is 0.00885. The number of aliphatic hydroxyl groups excluding tert-OH is 1. The van der Waals surface area contributed by atoms with Crippen LogP contribution in [0.4, 0.5) is 4.79 Å². The molecule has 0 radical (unpaired) electrons. The molecule has 0 saturated heterocycles. The number of rotatable bonds is 12. The van der Waals surface area contributed by atoms with Crippen molar-refractivity contribution in [3.63, 3.8) is 0 Å². The number of amides is 1. The third-order valence-corrected chi connectivity index (χ3v) is 6.05. The van der Waals surface area contributed by atoms with E-state index in [0.29, 0.717) is 17.1 Å². The molecule has 4 rings (SSSR count). The van der Waals surface area contributed by atoms with Gasteiger partial charge in [-0.05, 0) is 34.7 Å². The largest absolute Gasteiger partial charge is 0.464 e. The normalized spacial score (nSPS) is 13.0. The minimum Gasteiger partial charge on any atom is -0.464 e. The molecule has 8 heteroatoms. The lowest BCUT2D eigenvalue weighted by atomic mass is 9.98. The van der Waals surface area contributed by atoms with Crippen LogP contribution < -0.4 is 14.8 Å². The van der Waals surface area contributed by atoms with Crippen LogP contribution in [-0.4, -0.2) is 52.2 Å². The Morgan fingerprint density at radius 3 is 2.19 bits per heavy atom. The molecule has 1 aliphatic carbocycles. The van der Waals surface area contributed by atoms with Crippen LogP contribution in [0.3, 0.4) is 0 Å². The summed E-state index contributed by atoms with van der Waals surface area (Å²) in [4.78, 5) is 12.4. The van der Waals surface area contributed by atoms with Crippen molar-refractivity contribution in [2.45, 2.75) is 18.4 Å². The number of hydrogen-bond acceptors (Lipinski definition) is 7. The minimum atomic E-state index is -0.906. The first-order valence-electron chi connectivity index (χ1n) is 11.8. The van der Waals surface area contributed by atoms with Crippen LogP contribution in [0.15, 0.2) is 66.7 Å². The van der Waals surface area contributed by atoms with Gasteiger partial charge >= 0.3 is 6.09 Å². The van der Waals surface area contributed by atoms with Crippen LogP contribution in [0.5, 0.6) is 11.5 Å². The number of carbonyl (C=O) groups excluding carboxylic acids is 1. The van der Waals surface area contributed by atoms with Crippen molar-refractivity contribution in [1.82, 2.24) is 5.32 Å². The predicted molar refractivity (Wildman–Crippen MR) is 134 cm³/mol. The molecular formula is C28H31NO7. The number of benzene rings is 3. The van der Waals surface area contributed by atoms with Crippen molar-refractivity contribution < 1.29 is 33.6 Å². The first-order valence-corrected chi connectivity index (χ1v) is 11.8. The topological polar surface area (TPSA) is 95.5 Å². The summed E-state index contributed by atoms with van der Waals surface area (Å²) in [6, 6.07) is 21.6. The van der Waals surface area contributed by atoms with Gasteiger partial charge in [-0.15, -0.1) is 0 Å². The fourth-order valence-corrected chi connectivity index (χ4v) is 4.42. The highest BCUT2D eigenvalue weighted by atomic mass is 16.7. The van der Waals surface area contributed by atoms with Gasteiger partial charge in [-0.1, -0.05) is 60.7 Å². The molecule has 0 heterocycles. The van der Waals surface area contributed by atoms with E-state index in [-0.39, 0.29) is 39.1 Å². The SMILES string of the molecule is COCOc1cccc(C(O)CCNC(=O)OCC2c3ccccc3-c3ccccc32)c1OCOC. The molecule has 8 nitrogen and oxygen atoms in total. The summed E-state index contributed by atoms with van der Waals surface area (Å²) in [5.74, 6) is 0.782. The van der Waals surface area contributed by atoms with E-state index in [4.69, 9.17) is 23.7 Å². The third kappa shape index (κ3) is 5.79. The van der Waals surface area contributed by atoms with Crippen molar-refractivity contribution >= 4 is 6.09 Å². The molecule has 0 aliphatic heterocycles. The molecule has 36 heavy (non-hydrogen) atoms. The fraction of sp³-hybridized carbons (Fsp3) is 0.321. The summed E-state index contributed by atoms with van der Waals surface area (Å²) in [5, 5.41) is 13.5. The van der Waals surface area contributed by atoms with Crippen LogP contribution in [0, 0.1) is 0 Å². The molecule has 0 saturated carbocycles. The van der Waals surface area contributed by atoms with Gasteiger partial charge in [-0.25, -0.2) is 4.79 Å². The second-order valence-corrected chi connectivity index (χ2v) is 8.33. The van der Waals surface area contributed by atoms with Gasteiger partial charge < -0.3 is 34.1 Å². The van der Waals surface area contributed by atoms with E-state index in [9.17, 15) is 9.90 Å². The Morgan fingerprint density at radius 2 is 1.53 bits per heavy atom. The number of methoxy groups -OCH3 is 2. The van der Waals surface area contributed by atoms with Crippen molar-refractivity contribution in [3.8, 4) is 22.6 Å². The van der Waals surface area contributed by atoms with E-state index in [2.05, 4.69) is 29.6 Å². The maximum Gasteiger partial charge on any atom is 0.407 e. The van der Waals surface area contributed by atoms with Gasteiger partial charge in [0.1, 0.15) is 6.61 Å². The average Bonchev–Trinajstić information content (AvgIpc) is 3.23. The van der Waals surface area contributed by atoms with E-state index >= 15 is 0 Å². The Hall–Kier alpha value is -3.59. The molecule has 3 aromatic carbocycles. The first-order chi connectivity index (χ1) is 17.6. The fourth-order valence-electron chi connectivity index (χ4n) is 4.42. The number of aliphatic hydroxyl groups is 1. The summed E-state index contributed by atoms with van der Waals surface area (Å²) in [6.07, 6.45) is -1.18. The smallest absolute Gasteiger partial charge is 0.407 e. The Kier molecular flexibility index (Phi) is 8.78. The van der Waals surface area contributed by atoms with Crippen LogP contribution in [0.1, 0.15) is 35.1 Å². The summed E-state index contributed by atoms with van der Waals surface area (Å²) in [6.45, 7) is 0.471. The molecule has 0 fully saturated rings. The van der Waals surface area contributed by atoms with Crippen molar-refractivity contribution in [2.24, 2.45) is 0 Å². The zero-order valence-electron chi connectivity index (χ0n) is 20.4. The number of carbonyl (C=O) groups is 1. The zero-order valence-corrected chi connectivity index (χ0v) is 20.4. The van der Waals surface area contributed by atoms with Gasteiger partial charge in [0.2, 0.25) is 0 Å². The predicted octanol–water partition coefficient (Wildman–Crippen LogP) is 4.61. The molecule has 3 aromatic rings. The zero-order chi connectivity index (χ0) is 25.3. The molecule has 1 aliphatic rings. The van der Waals surface area contributed by atoms with Crippen molar-refractivity contribution in [1.29, 1.82) is 0 Å². The van der Waals surface area contributed by atoms with Crippen LogP contribution in [-0.2, 0) is 14.2 Å². The molecule has 1 amide bonds. The summed E-state index contributed by atoms with van der Waals surface area (Å²) in [7, 11) is 3.02. The van der Waals surface area contributed by atoms with E-state index in [1.165, 1.54) is 25.3 Å². The summed E-state index contributed by atoms with van der Waals surface area (Å²) in [5.41, 5.74) is 5.18. The lowest BCUT2D eigenvalue weighted by Gasteiger charge is -2.19. The standard InChI is InChI=1S/C28H31NO7/c1-32-17-35-26-13-7-12-23(27(26)36-18-33-2)25(30)14-15-29-28(31)34-16-24-21-10-5-3-8-19(21)20-9-4-6-11-22(20)24/h3-13,24-25,30H,14-18H2,1-2H3,(H,29,31). The maximum absolute atomic E-state index is 12.4. The van der Waals surface area contributed by atoms with E-state index < -0.39 is 12.2 Å². The highest BCUT2D eigenvalue weighted by Crippen LogP contribution is 2.44. The first kappa shape index (κ1) is 25.5. The van der Waals surface area contributed by atoms with Gasteiger partial charge in [0.15, 0.2) is 25.1 Å². The van der Waals surface area contributed by atoms with Gasteiger partial charge in [0.05, 0.1) is 6.10 Å². The van der Waals surface area contributed by atoms with Gasteiger partial charge in [0.25, 0.3) is 0 Å². The molecular weight excluding hydrogens is 462 g/mol. The number of para-hydroxylation sites is 1. The van der Waals surface area contributed by atoms with Crippen molar-refractivity contribution in [3.05, 3.63) is 83.4 Å². The second kappa shape index (κ2) is 12.4. The molecule has 190 valence electrons. The van der Waals surface area contributed by atoms with Gasteiger partial charge in [-0.2, -0.15) is 0 Å². The Bertz CT molecular complexity index is 1120. The molecule has 0 aromatic heterocycles. The molecule has 0 spiro atoms. The van der Waals surface area contributed by atoms with E-state index in [0.717, 1.165) is 11.1 Å². The number of nitrogens with one attached hydrogen (secondary N) is 1. The lowest BCUT2D eigenvalue weighted by molar-refractivity contribution is 0.0297. The molecule has 1 unspecified atom stereocenters. The maximum atomic E-state index is 12.4.